The Morgan fingerprint density at radius 1 is 1.46 bits per heavy atom. The average Bonchev–Trinajstić information content (AvgIpc) is 2.15. The highest BCUT2D eigenvalue weighted by Crippen LogP contribution is 1.95. The summed E-state index contributed by atoms with van der Waals surface area (Å²) >= 11 is 0. The Balaban J connectivity index is 3.91. The zero-order chi connectivity index (χ0) is 10.3. The Morgan fingerprint density at radius 2 is 2.08 bits per heavy atom. The van der Waals surface area contributed by atoms with Crippen molar-refractivity contribution in [1.29, 1.82) is 0 Å². The molecule has 0 rings (SSSR count). The zero-order valence-electron chi connectivity index (χ0n) is 7.70. The fourth-order valence-electron chi connectivity index (χ4n) is 0.552. The lowest BCUT2D eigenvalue weighted by Crippen LogP contribution is -2.05. The quantitative estimate of drug-likeness (QED) is 0.479. The summed E-state index contributed by atoms with van der Waals surface area (Å²) in [4.78, 5) is 21.4. The molecule has 72 valence electrons. The van der Waals surface area contributed by atoms with Crippen LogP contribution in [0.1, 0.15) is 6.92 Å². The van der Waals surface area contributed by atoms with Gasteiger partial charge in [-0.25, -0.2) is 9.59 Å². The molecule has 0 saturated carbocycles. The van der Waals surface area contributed by atoms with Crippen LogP contribution >= 0.6 is 0 Å². The van der Waals surface area contributed by atoms with Crippen LogP contribution in [-0.4, -0.2) is 25.7 Å². The van der Waals surface area contributed by atoms with E-state index in [1.54, 1.807) is 6.92 Å². The number of hydrogen-bond donors (Lipinski definition) is 0. The van der Waals surface area contributed by atoms with Crippen molar-refractivity contribution in [3.63, 3.8) is 0 Å². The minimum absolute atomic E-state index is 0.0474. The summed E-state index contributed by atoms with van der Waals surface area (Å²) in [5.74, 6) is -0.955. The molecule has 0 aliphatic rings. The van der Waals surface area contributed by atoms with E-state index in [-0.39, 0.29) is 6.61 Å². The number of hydrogen-bond acceptors (Lipinski definition) is 4. The summed E-state index contributed by atoms with van der Waals surface area (Å²) in [6, 6.07) is 0. The molecule has 0 atom stereocenters. The van der Waals surface area contributed by atoms with Crippen LogP contribution in [0.25, 0.3) is 0 Å². The second-order valence-corrected chi connectivity index (χ2v) is 2.21. The van der Waals surface area contributed by atoms with Gasteiger partial charge < -0.3 is 9.47 Å². The number of esters is 2. The molecular formula is C9H12O4. The lowest BCUT2D eigenvalue weighted by atomic mass is 10.3. The van der Waals surface area contributed by atoms with E-state index in [1.165, 1.54) is 13.2 Å². The van der Waals surface area contributed by atoms with Crippen LogP contribution in [0, 0.1) is 0 Å². The third-order valence-corrected chi connectivity index (χ3v) is 1.29. The van der Waals surface area contributed by atoms with E-state index < -0.39 is 11.9 Å². The van der Waals surface area contributed by atoms with Crippen molar-refractivity contribution in [2.75, 3.05) is 13.7 Å². The van der Waals surface area contributed by atoms with Crippen LogP contribution in [0.2, 0.25) is 0 Å². The number of ether oxygens (including phenoxy) is 2. The predicted molar refractivity (Wildman–Crippen MR) is 46.9 cm³/mol. The van der Waals surface area contributed by atoms with Crippen LogP contribution < -0.4 is 0 Å². The highest BCUT2D eigenvalue weighted by Gasteiger charge is 2.02. The maximum Gasteiger partial charge on any atom is 0.333 e. The van der Waals surface area contributed by atoms with Crippen molar-refractivity contribution in [2.45, 2.75) is 6.92 Å². The first kappa shape index (κ1) is 11.4. The summed E-state index contributed by atoms with van der Waals surface area (Å²) in [6.07, 6.45) is 2.52. The molecule has 0 aromatic heterocycles. The minimum Gasteiger partial charge on any atom is -0.466 e. The summed E-state index contributed by atoms with van der Waals surface area (Å²) in [5, 5.41) is 0. The van der Waals surface area contributed by atoms with Gasteiger partial charge in [0, 0.05) is 11.6 Å². The molecule has 13 heavy (non-hydrogen) atoms. The molecule has 0 saturated heterocycles. The van der Waals surface area contributed by atoms with Crippen LogP contribution in [0.3, 0.4) is 0 Å². The maximum absolute atomic E-state index is 10.8. The molecule has 0 bridgehead atoms. The monoisotopic (exact) mass is 184 g/mol. The van der Waals surface area contributed by atoms with Gasteiger partial charge in [0.2, 0.25) is 0 Å². The lowest BCUT2D eigenvalue weighted by Gasteiger charge is -1.99. The van der Waals surface area contributed by atoms with E-state index in [0.29, 0.717) is 5.57 Å². The topological polar surface area (TPSA) is 52.6 Å². The summed E-state index contributed by atoms with van der Waals surface area (Å²) in [6.45, 7) is 4.85. The lowest BCUT2D eigenvalue weighted by molar-refractivity contribution is -0.138. The molecule has 0 aromatic rings. The van der Waals surface area contributed by atoms with Gasteiger partial charge in [-0.3, -0.25) is 0 Å². The Labute approximate surface area is 76.8 Å². The first-order valence-electron chi connectivity index (χ1n) is 3.66. The van der Waals surface area contributed by atoms with Gasteiger partial charge in [0.25, 0.3) is 0 Å². The van der Waals surface area contributed by atoms with Gasteiger partial charge in [0.15, 0.2) is 0 Å². The van der Waals surface area contributed by atoms with Crippen LogP contribution in [0.4, 0.5) is 0 Å². The van der Waals surface area contributed by atoms with Crippen molar-refractivity contribution >= 4 is 11.9 Å². The van der Waals surface area contributed by atoms with Crippen molar-refractivity contribution < 1.29 is 19.1 Å². The van der Waals surface area contributed by atoms with Gasteiger partial charge in [0.1, 0.15) is 6.61 Å². The van der Waals surface area contributed by atoms with E-state index in [2.05, 4.69) is 16.1 Å². The number of methoxy groups -OCH3 is 1. The SMILES string of the molecule is C=CC(=O)OCC=C(C)C(=O)OC. The van der Waals surface area contributed by atoms with Crippen molar-refractivity contribution in [3.8, 4) is 0 Å². The Bertz CT molecular complexity index is 240. The average molecular weight is 184 g/mol. The van der Waals surface area contributed by atoms with E-state index in [0.717, 1.165) is 6.08 Å². The number of rotatable bonds is 4. The van der Waals surface area contributed by atoms with E-state index >= 15 is 0 Å². The maximum atomic E-state index is 10.8. The molecule has 0 unspecified atom stereocenters. The number of carbonyl (C=O) groups excluding carboxylic acids is 2. The molecule has 0 heterocycles. The molecule has 0 aliphatic carbocycles. The molecule has 0 radical (unpaired) electrons. The normalized spacial score (nSPS) is 10.5. The first-order valence-corrected chi connectivity index (χ1v) is 3.66. The van der Waals surface area contributed by atoms with Crippen LogP contribution in [0.15, 0.2) is 24.3 Å². The molecular weight excluding hydrogens is 172 g/mol. The van der Waals surface area contributed by atoms with Gasteiger partial charge in [-0.1, -0.05) is 6.58 Å². The van der Waals surface area contributed by atoms with E-state index in [4.69, 9.17) is 0 Å². The second-order valence-electron chi connectivity index (χ2n) is 2.21. The third kappa shape index (κ3) is 4.79. The van der Waals surface area contributed by atoms with Gasteiger partial charge in [-0.2, -0.15) is 0 Å². The highest BCUT2D eigenvalue weighted by molar-refractivity contribution is 5.87. The smallest absolute Gasteiger partial charge is 0.333 e. The fraction of sp³-hybridized carbons (Fsp3) is 0.333. The van der Waals surface area contributed by atoms with Gasteiger partial charge >= 0.3 is 11.9 Å². The zero-order valence-corrected chi connectivity index (χ0v) is 7.70. The Morgan fingerprint density at radius 3 is 2.54 bits per heavy atom. The molecule has 0 amide bonds. The van der Waals surface area contributed by atoms with Gasteiger partial charge in [-0.05, 0) is 13.0 Å². The molecule has 0 spiro atoms. The first-order chi connectivity index (χ1) is 6.11. The summed E-state index contributed by atoms with van der Waals surface area (Å²) in [5.41, 5.74) is 0.402. The summed E-state index contributed by atoms with van der Waals surface area (Å²) in [7, 11) is 1.29. The highest BCUT2D eigenvalue weighted by atomic mass is 16.5. The van der Waals surface area contributed by atoms with Crippen LogP contribution in [-0.2, 0) is 19.1 Å². The minimum atomic E-state index is -0.520. The number of carbonyl (C=O) groups is 2. The predicted octanol–water partition coefficient (Wildman–Crippen LogP) is 0.835. The van der Waals surface area contributed by atoms with Crippen molar-refractivity contribution in [3.05, 3.63) is 24.3 Å². The van der Waals surface area contributed by atoms with Gasteiger partial charge in [-0.15, -0.1) is 0 Å². The molecule has 0 fully saturated rings. The van der Waals surface area contributed by atoms with Gasteiger partial charge in [0.05, 0.1) is 7.11 Å². The molecule has 0 aromatic carbocycles. The second kappa shape index (κ2) is 5.99. The largest absolute Gasteiger partial charge is 0.466 e. The molecule has 4 heteroatoms. The Kier molecular flexibility index (Phi) is 5.27. The van der Waals surface area contributed by atoms with Crippen molar-refractivity contribution in [2.24, 2.45) is 0 Å². The third-order valence-electron chi connectivity index (χ3n) is 1.29. The van der Waals surface area contributed by atoms with E-state index in [1.807, 2.05) is 0 Å². The summed E-state index contributed by atoms with van der Waals surface area (Å²) < 4.78 is 9.04. The van der Waals surface area contributed by atoms with Crippen molar-refractivity contribution in [1.82, 2.24) is 0 Å². The molecule has 0 N–H and O–H groups in total. The van der Waals surface area contributed by atoms with Crippen LogP contribution in [0.5, 0.6) is 0 Å². The Hall–Kier alpha value is -1.58. The fourth-order valence-corrected chi connectivity index (χ4v) is 0.552. The molecule has 4 nitrogen and oxygen atoms in total. The standard InChI is InChI=1S/C9H12O4/c1-4-8(10)13-6-5-7(2)9(11)12-3/h4-5H,1,6H2,2-3H3. The molecule has 0 aliphatic heterocycles. The van der Waals surface area contributed by atoms with E-state index in [9.17, 15) is 9.59 Å².